The number of hydrogen-bond donors (Lipinski definition) is 1. The number of sulfonamides is 1. The minimum absolute atomic E-state index is 0.156. The molecule has 1 N–H and O–H groups in total. The summed E-state index contributed by atoms with van der Waals surface area (Å²) >= 11 is 3.26. The minimum atomic E-state index is -3.54. The van der Waals surface area contributed by atoms with Crippen LogP contribution in [0.2, 0.25) is 0 Å². The lowest BCUT2D eigenvalue weighted by molar-refractivity contribution is 0.116. The lowest BCUT2D eigenvalue weighted by Gasteiger charge is -2.22. The molecule has 1 rings (SSSR count). The van der Waals surface area contributed by atoms with Gasteiger partial charge in [0.2, 0.25) is 10.0 Å². The first-order valence-corrected chi connectivity index (χ1v) is 8.50. The Morgan fingerprint density at radius 2 is 1.95 bits per heavy atom. The summed E-state index contributed by atoms with van der Waals surface area (Å²) in [5, 5.41) is 0. The second kappa shape index (κ2) is 7.38. The third-order valence-corrected chi connectivity index (χ3v) is 5.24. The molecule has 6 heteroatoms. The van der Waals surface area contributed by atoms with Crippen molar-refractivity contribution in [1.29, 1.82) is 0 Å². The lowest BCUT2D eigenvalue weighted by atomic mass is 10.1. The van der Waals surface area contributed by atoms with E-state index >= 15 is 0 Å². The van der Waals surface area contributed by atoms with Crippen molar-refractivity contribution in [3.63, 3.8) is 0 Å². The third kappa shape index (κ3) is 4.87. The highest BCUT2D eigenvalue weighted by Crippen LogP contribution is 2.21. The Morgan fingerprint density at radius 1 is 1.32 bits per heavy atom. The summed E-state index contributed by atoms with van der Waals surface area (Å²) < 4.78 is 33.3. The number of halogens is 1. The van der Waals surface area contributed by atoms with Crippen molar-refractivity contribution in [2.75, 3.05) is 13.2 Å². The topological polar surface area (TPSA) is 55.4 Å². The quantitative estimate of drug-likeness (QED) is 0.823. The summed E-state index contributed by atoms with van der Waals surface area (Å²) in [5.74, 6) is 0.156. The van der Waals surface area contributed by atoms with E-state index in [1.54, 1.807) is 24.3 Å². The first-order valence-electron chi connectivity index (χ1n) is 6.23. The summed E-state index contributed by atoms with van der Waals surface area (Å²) in [6, 6.07) is 6.53. The molecule has 1 unspecified atom stereocenters. The van der Waals surface area contributed by atoms with Crippen LogP contribution >= 0.6 is 15.9 Å². The largest absolute Gasteiger partial charge is 0.380 e. The highest BCUT2D eigenvalue weighted by atomic mass is 79.9. The van der Waals surface area contributed by atoms with Gasteiger partial charge in [-0.1, -0.05) is 26.0 Å². The van der Waals surface area contributed by atoms with Crippen molar-refractivity contribution in [1.82, 2.24) is 4.72 Å². The Bertz CT molecular complexity index is 502. The van der Waals surface area contributed by atoms with Crippen LogP contribution in [0.1, 0.15) is 20.8 Å². The van der Waals surface area contributed by atoms with Gasteiger partial charge >= 0.3 is 0 Å². The number of rotatable bonds is 7. The summed E-state index contributed by atoms with van der Waals surface area (Å²) in [6.45, 7) is 6.76. The predicted octanol–water partition coefficient (Wildman–Crippen LogP) is 2.79. The maximum Gasteiger partial charge on any atom is 0.242 e. The molecule has 0 aliphatic heterocycles. The van der Waals surface area contributed by atoms with Crippen molar-refractivity contribution in [3.8, 4) is 0 Å². The first-order chi connectivity index (χ1) is 8.88. The van der Waals surface area contributed by atoms with Crippen LogP contribution in [0, 0.1) is 5.92 Å². The molecule has 0 heterocycles. The Balaban J connectivity index is 2.91. The average molecular weight is 350 g/mol. The van der Waals surface area contributed by atoms with Crippen LogP contribution in [-0.2, 0) is 14.8 Å². The third-order valence-electron chi connectivity index (χ3n) is 2.74. The second-order valence-corrected chi connectivity index (χ2v) is 7.10. The fourth-order valence-corrected chi connectivity index (χ4v) is 3.91. The fourth-order valence-electron chi connectivity index (χ4n) is 1.53. The molecule has 0 aromatic heterocycles. The standard InChI is InChI=1S/C13H20BrNO3S/c1-4-18-9-12(10(2)3)15-19(16,17)13-8-6-5-7-11(13)14/h5-8,10,12,15H,4,9H2,1-3H3. The molecule has 0 spiro atoms. The van der Waals surface area contributed by atoms with Crippen LogP contribution in [0.4, 0.5) is 0 Å². The van der Waals surface area contributed by atoms with Crippen molar-refractivity contribution in [2.45, 2.75) is 31.7 Å². The Labute approximate surface area is 123 Å². The lowest BCUT2D eigenvalue weighted by Crippen LogP contribution is -2.41. The SMILES string of the molecule is CCOCC(NS(=O)(=O)c1ccccc1Br)C(C)C. The van der Waals surface area contributed by atoms with Crippen LogP contribution in [0.15, 0.2) is 33.6 Å². The van der Waals surface area contributed by atoms with Gasteiger partial charge in [-0.15, -0.1) is 0 Å². The molecule has 1 atom stereocenters. The maximum absolute atomic E-state index is 12.3. The van der Waals surface area contributed by atoms with Crippen LogP contribution in [0.3, 0.4) is 0 Å². The van der Waals surface area contributed by atoms with Gasteiger partial charge in [-0.25, -0.2) is 13.1 Å². The van der Waals surface area contributed by atoms with E-state index in [1.807, 2.05) is 20.8 Å². The smallest absolute Gasteiger partial charge is 0.242 e. The molecular formula is C13H20BrNO3S. The zero-order valence-corrected chi connectivity index (χ0v) is 13.8. The van der Waals surface area contributed by atoms with Crippen LogP contribution in [0.25, 0.3) is 0 Å². The molecule has 0 fully saturated rings. The van der Waals surface area contributed by atoms with Gasteiger partial charge in [0.1, 0.15) is 0 Å². The molecule has 19 heavy (non-hydrogen) atoms. The van der Waals surface area contributed by atoms with E-state index < -0.39 is 10.0 Å². The molecule has 0 amide bonds. The fraction of sp³-hybridized carbons (Fsp3) is 0.538. The average Bonchev–Trinajstić information content (AvgIpc) is 2.34. The van der Waals surface area contributed by atoms with Crippen molar-refractivity contribution >= 4 is 26.0 Å². The molecule has 0 aliphatic rings. The van der Waals surface area contributed by atoms with E-state index in [2.05, 4.69) is 20.7 Å². The van der Waals surface area contributed by atoms with Crippen molar-refractivity contribution in [3.05, 3.63) is 28.7 Å². The molecule has 0 saturated heterocycles. The van der Waals surface area contributed by atoms with E-state index in [0.717, 1.165) is 0 Å². The number of benzene rings is 1. The van der Waals surface area contributed by atoms with Gasteiger partial charge in [-0.05, 0) is 40.9 Å². The van der Waals surface area contributed by atoms with E-state index in [-0.39, 0.29) is 16.9 Å². The molecule has 0 bridgehead atoms. The van der Waals surface area contributed by atoms with E-state index in [4.69, 9.17) is 4.74 Å². The summed E-state index contributed by atoms with van der Waals surface area (Å²) in [5.41, 5.74) is 0. The monoisotopic (exact) mass is 349 g/mol. The summed E-state index contributed by atoms with van der Waals surface area (Å²) in [7, 11) is -3.54. The van der Waals surface area contributed by atoms with Gasteiger partial charge in [-0.3, -0.25) is 0 Å². The molecule has 0 saturated carbocycles. The second-order valence-electron chi connectivity index (χ2n) is 4.56. The molecule has 4 nitrogen and oxygen atoms in total. The summed E-state index contributed by atoms with van der Waals surface area (Å²) in [6.07, 6.45) is 0. The van der Waals surface area contributed by atoms with Crippen molar-refractivity contribution < 1.29 is 13.2 Å². The van der Waals surface area contributed by atoms with Gasteiger partial charge in [0.05, 0.1) is 11.5 Å². The van der Waals surface area contributed by atoms with E-state index in [0.29, 0.717) is 17.7 Å². The normalized spacial score (nSPS) is 13.7. The Kier molecular flexibility index (Phi) is 6.46. The predicted molar refractivity (Wildman–Crippen MR) is 79.6 cm³/mol. The van der Waals surface area contributed by atoms with E-state index in [9.17, 15) is 8.42 Å². The van der Waals surface area contributed by atoms with Gasteiger partial charge in [0.25, 0.3) is 0 Å². The zero-order chi connectivity index (χ0) is 14.5. The zero-order valence-electron chi connectivity index (χ0n) is 11.4. The molecule has 1 aromatic carbocycles. The van der Waals surface area contributed by atoms with Gasteiger partial charge in [-0.2, -0.15) is 0 Å². The number of ether oxygens (including phenoxy) is 1. The van der Waals surface area contributed by atoms with Crippen LogP contribution < -0.4 is 4.72 Å². The molecule has 0 aliphatic carbocycles. The summed E-state index contributed by atoms with van der Waals surface area (Å²) in [4.78, 5) is 0.247. The van der Waals surface area contributed by atoms with Crippen LogP contribution in [-0.4, -0.2) is 27.7 Å². The molecular weight excluding hydrogens is 330 g/mol. The number of nitrogens with one attached hydrogen (secondary N) is 1. The highest BCUT2D eigenvalue weighted by Gasteiger charge is 2.24. The maximum atomic E-state index is 12.3. The van der Waals surface area contributed by atoms with Crippen molar-refractivity contribution in [2.24, 2.45) is 5.92 Å². The minimum Gasteiger partial charge on any atom is -0.380 e. The first kappa shape index (κ1) is 16.6. The van der Waals surface area contributed by atoms with E-state index in [1.165, 1.54) is 0 Å². The molecule has 0 radical (unpaired) electrons. The van der Waals surface area contributed by atoms with Gasteiger partial charge in [0.15, 0.2) is 0 Å². The van der Waals surface area contributed by atoms with Gasteiger partial charge in [0, 0.05) is 17.1 Å². The van der Waals surface area contributed by atoms with Gasteiger partial charge < -0.3 is 4.74 Å². The highest BCUT2D eigenvalue weighted by molar-refractivity contribution is 9.10. The molecule has 108 valence electrons. The molecule has 1 aromatic rings. The number of hydrogen-bond acceptors (Lipinski definition) is 3. The Hall–Kier alpha value is -0.430. The van der Waals surface area contributed by atoms with Crippen LogP contribution in [0.5, 0.6) is 0 Å². The Morgan fingerprint density at radius 3 is 2.47 bits per heavy atom.